The van der Waals surface area contributed by atoms with Crippen LogP contribution < -0.4 is 5.32 Å². The highest BCUT2D eigenvalue weighted by Crippen LogP contribution is 2.17. The summed E-state index contributed by atoms with van der Waals surface area (Å²) < 4.78 is 38.9. The van der Waals surface area contributed by atoms with Crippen LogP contribution in [0.2, 0.25) is 0 Å². The molecular weight excluding hydrogens is 267 g/mol. The van der Waals surface area contributed by atoms with Crippen LogP contribution in [0, 0.1) is 22.9 Å². The summed E-state index contributed by atoms with van der Waals surface area (Å²) in [4.78, 5) is 11.6. The molecule has 1 rings (SSSR count). The molecule has 0 radical (unpaired) electrons. The fourth-order valence-corrected chi connectivity index (χ4v) is 1.26. The van der Waals surface area contributed by atoms with E-state index in [1.54, 1.807) is 0 Å². The summed E-state index contributed by atoms with van der Waals surface area (Å²) in [5.41, 5.74) is -0.897. The van der Waals surface area contributed by atoms with Gasteiger partial charge in [0.15, 0.2) is 17.5 Å². The van der Waals surface area contributed by atoms with Crippen molar-refractivity contribution in [3.8, 4) is 0 Å². The maximum absolute atomic E-state index is 13.3. The van der Waals surface area contributed by atoms with E-state index in [9.17, 15) is 18.0 Å². The number of rotatable bonds is 4. The van der Waals surface area contributed by atoms with E-state index in [2.05, 4.69) is 5.32 Å². The molecule has 0 aliphatic carbocycles. The Kier molecular flexibility index (Phi) is 4.62. The van der Waals surface area contributed by atoms with Crippen molar-refractivity contribution in [1.29, 1.82) is 0 Å². The maximum Gasteiger partial charge on any atom is 0.254 e. The summed E-state index contributed by atoms with van der Waals surface area (Å²) in [7, 11) is 0. The molecule has 0 spiro atoms. The summed E-state index contributed by atoms with van der Waals surface area (Å²) in [6.45, 7) is 3.82. The Labute approximate surface area is 108 Å². The molecule has 0 fully saturated rings. The summed E-state index contributed by atoms with van der Waals surface area (Å²) >= 11 is 5.66. The van der Waals surface area contributed by atoms with Crippen LogP contribution >= 0.6 is 11.6 Å². The van der Waals surface area contributed by atoms with Gasteiger partial charge >= 0.3 is 0 Å². The molecule has 6 heteroatoms. The molecule has 1 N–H and O–H groups in total. The standard InChI is InChI=1S/C12H13ClF3NO/c1-12(2,5-13)6-17-11(18)7-3-4-8(14)10(16)9(7)15/h3-4H,5-6H2,1-2H3,(H,17,18). The van der Waals surface area contributed by atoms with Gasteiger partial charge in [0.2, 0.25) is 0 Å². The van der Waals surface area contributed by atoms with E-state index in [-0.39, 0.29) is 12.0 Å². The normalized spacial score (nSPS) is 11.4. The third-order valence-corrected chi connectivity index (χ3v) is 3.09. The van der Waals surface area contributed by atoms with Gasteiger partial charge in [-0.1, -0.05) is 13.8 Å². The molecule has 1 aromatic rings. The molecule has 0 aliphatic heterocycles. The Balaban J connectivity index is 2.83. The average molecular weight is 280 g/mol. The van der Waals surface area contributed by atoms with Crippen LogP contribution in [0.4, 0.5) is 13.2 Å². The first kappa shape index (κ1) is 14.8. The monoisotopic (exact) mass is 279 g/mol. The molecular formula is C12H13ClF3NO. The zero-order valence-electron chi connectivity index (χ0n) is 9.99. The quantitative estimate of drug-likeness (QED) is 0.666. The Morgan fingerprint density at radius 3 is 2.44 bits per heavy atom. The Hall–Kier alpha value is -1.23. The van der Waals surface area contributed by atoms with Crippen LogP contribution in [0.5, 0.6) is 0 Å². The van der Waals surface area contributed by atoms with Crippen LogP contribution in [0.3, 0.4) is 0 Å². The fraction of sp³-hybridized carbons (Fsp3) is 0.417. The van der Waals surface area contributed by atoms with Crippen molar-refractivity contribution in [2.24, 2.45) is 5.41 Å². The molecule has 1 amide bonds. The molecule has 18 heavy (non-hydrogen) atoms. The van der Waals surface area contributed by atoms with E-state index < -0.39 is 28.9 Å². The molecule has 0 saturated carbocycles. The Morgan fingerprint density at radius 2 is 1.89 bits per heavy atom. The number of amides is 1. The van der Waals surface area contributed by atoms with Gasteiger partial charge in [-0.05, 0) is 17.5 Å². The van der Waals surface area contributed by atoms with Crippen molar-refractivity contribution in [3.05, 3.63) is 35.1 Å². The summed E-state index contributed by atoms with van der Waals surface area (Å²) in [6.07, 6.45) is 0. The van der Waals surface area contributed by atoms with Crippen molar-refractivity contribution in [2.75, 3.05) is 12.4 Å². The van der Waals surface area contributed by atoms with Crippen molar-refractivity contribution < 1.29 is 18.0 Å². The lowest BCUT2D eigenvalue weighted by Crippen LogP contribution is -2.35. The van der Waals surface area contributed by atoms with Crippen molar-refractivity contribution >= 4 is 17.5 Å². The average Bonchev–Trinajstić information content (AvgIpc) is 2.33. The minimum Gasteiger partial charge on any atom is -0.351 e. The Morgan fingerprint density at radius 1 is 1.28 bits per heavy atom. The smallest absolute Gasteiger partial charge is 0.254 e. The first-order chi connectivity index (χ1) is 8.28. The van der Waals surface area contributed by atoms with E-state index in [1.165, 1.54) is 0 Å². The predicted octanol–water partition coefficient (Wildman–Crippen LogP) is 3.10. The van der Waals surface area contributed by atoms with Gasteiger partial charge in [0, 0.05) is 12.4 Å². The highest BCUT2D eigenvalue weighted by molar-refractivity contribution is 6.18. The van der Waals surface area contributed by atoms with Gasteiger partial charge in [0.25, 0.3) is 5.91 Å². The number of carbonyl (C=O) groups is 1. The maximum atomic E-state index is 13.3. The minimum atomic E-state index is -1.65. The molecule has 0 heterocycles. The third kappa shape index (κ3) is 3.38. The number of hydrogen-bond acceptors (Lipinski definition) is 1. The second kappa shape index (κ2) is 5.61. The second-order valence-corrected chi connectivity index (χ2v) is 4.97. The van der Waals surface area contributed by atoms with Gasteiger partial charge in [0.05, 0.1) is 5.56 Å². The second-order valence-electron chi connectivity index (χ2n) is 4.70. The molecule has 100 valence electrons. The molecule has 1 aromatic carbocycles. The summed E-state index contributed by atoms with van der Waals surface area (Å²) in [5.74, 6) is -4.97. The van der Waals surface area contributed by atoms with Crippen molar-refractivity contribution in [1.82, 2.24) is 5.32 Å². The molecule has 0 unspecified atom stereocenters. The van der Waals surface area contributed by atoms with E-state index in [4.69, 9.17) is 11.6 Å². The molecule has 0 atom stereocenters. The lowest BCUT2D eigenvalue weighted by molar-refractivity contribution is 0.0934. The number of alkyl halides is 1. The van der Waals surface area contributed by atoms with E-state index in [0.717, 1.165) is 6.07 Å². The van der Waals surface area contributed by atoms with Gasteiger partial charge in [-0.25, -0.2) is 13.2 Å². The van der Waals surface area contributed by atoms with Crippen LogP contribution in [0.1, 0.15) is 24.2 Å². The first-order valence-corrected chi connectivity index (χ1v) is 5.79. The lowest BCUT2D eigenvalue weighted by Gasteiger charge is -2.21. The highest BCUT2D eigenvalue weighted by atomic mass is 35.5. The lowest BCUT2D eigenvalue weighted by atomic mass is 9.96. The topological polar surface area (TPSA) is 29.1 Å². The number of halogens is 4. The molecule has 0 aromatic heterocycles. The van der Waals surface area contributed by atoms with Crippen LogP contribution in [0.25, 0.3) is 0 Å². The molecule has 0 aliphatic rings. The van der Waals surface area contributed by atoms with E-state index in [0.29, 0.717) is 11.9 Å². The highest BCUT2D eigenvalue weighted by Gasteiger charge is 2.21. The molecule has 0 bridgehead atoms. The SMILES string of the molecule is CC(C)(CCl)CNC(=O)c1ccc(F)c(F)c1F. The van der Waals surface area contributed by atoms with E-state index >= 15 is 0 Å². The number of nitrogens with one attached hydrogen (secondary N) is 1. The van der Waals surface area contributed by atoms with Gasteiger partial charge < -0.3 is 5.32 Å². The number of benzene rings is 1. The summed E-state index contributed by atoms with van der Waals surface area (Å²) in [6, 6.07) is 1.61. The first-order valence-electron chi connectivity index (χ1n) is 5.26. The van der Waals surface area contributed by atoms with Gasteiger partial charge in [-0.15, -0.1) is 11.6 Å². The predicted molar refractivity (Wildman–Crippen MR) is 63.2 cm³/mol. The van der Waals surface area contributed by atoms with Gasteiger partial charge in [-0.2, -0.15) is 0 Å². The number of hydrogen-bond donors (Lipinski definition) is 1. The largest absolute Gasteiger partial charge is 0.351 e. The number of carbonyl (C=O) groups excluding carboxylic acids is 1. The summed E-state index contributed by atoms with van der Waals surface area (Å²) in [5, 5.41) is 2.43. The minimum absolute atomic E-state index is 0.202. The zero-order chi connectivity index (χ0) is 13.9. The zero-order valence-corrected chi connectivity index (χ0v) is 10.7. The van der Waals surface area contributed by atoms with Gasteiger partial charge in [-0.3, -0.25) is 4.79 Å². The van der Waals surface area contributed by atoms with Crippen LogP contribution in [0.15, 0.2) is 12.1 Å². The molecule has 2 nitrogen and oxygen atoms in total. The van der Waals surface area contributed by atoms with E-state index in [1.807, 2.05) is 13.8 Å². The Bertz CT molecular complexity index is 463. The fourth-order valence-electron chi connectivity index (χ4n) is 1.16. The van der Waals surface area contributed by atoms with Crippen molar-refractivity contribution in [3.63, 3.8) is 0 Å². The van der Waals surface area contributed by atoms with Crippen LogP contribution in [-0.4, -0.2) is 18.3 Å². The van der Waals surface area contributed by atoms with Crippen molar-refractivity contribution in [2.45, 2.75) is 13.8 Å². The van der Waals surface area contributed by atoms with Crippen LogP contribution in [-0.2, 0) is 0 Å². The third-order valence-electron chi connectivity index (χ3n) is 2.37. The molecule has 0 saturated heterocycles. The van der Waals surface area contributed by atoms with Gasteiger partial charge in [0.1, 0.15) is 0 Å².